The van der Waals surface area contributed by atoms with Crippen LogP contribution in [0.1, 0.15) is 75.7 Å². The number of esters is 1. The van der Waals surface area contributed by atoms with Gasteiger partial charge in [-0.3, -0.25) is 19.6 Å². The molecule has 0 radical (unpaired) electrons. The molecular formula is C40H54N8O4S. The van der Waals surface area contributed by atoms with Crippen molar-refractivity contribution in [1.29, 1.82) is 0 Å². The van der Waals surface area contributed by atoms with Crippen molar-refractivity contribution in [3.63, 3.8) is 0 Å². The standard InChI is InChI=1S/C40H54N8O4S/c1-8-47-33-12-11-26-18-28(33)30(36(47)29-19-27(21-42-35(29)25(3)51-7)46-16-14-45(6)15-17-46)20-40(4,5)23-52-39(50)31-10-9-13-48(44-31)38(49)34(41)24(2)37-43-32(26)22-53-37/h11-12,18-19,21-22,24-25,31,34,44H,8-10,13-17,20,23,41H2,1-7H3/t24-,25-,31-,34-/m0/s1. The van der Waals surface area contributed by atoms with E-state index in [0.717, 1.165) is 82.5 Å². The third-order valence-electron chi connectivity index (χ3n) is 11.3. The summed E-state index contributed by atoms with van der Waals surface area (Å²) >= 11 is 1.52. The first kappa shape index (κ1) is 37.4. The van der Waals surface area contributed by atoms with Gasteiger partial charge in [0.05, 0.1) is 52.7 Å². The number of rotatable bonds is 5. The number of aryl methyl sites for hydroxylation is 1. The number of pyridine rings is 1. The lowest BCUT2D eigenvalue weighted by Crippen LogP contribution is -2.59. The highest BCUT2D eigenvalue weighted by atomic mass is 32.1. The Labute approximate surface area is 316 Å². The molecule has 6 heterocycles. The summed E-state index contributed by atoms with van der Waals surface area (Å²) in [5.41, 5.74) is 17.6. The van der Waals surface area contributed by atoms with Crippen LogP contribution < -0.4 is 16.1 Å². The van der Waals surface area contributed by atoms with Gasteiger partial charge in [0.1, 0.15) is 6.04 Å². The Morgan fingerprint density at radius 3 is 2.66 bits per heavy atom. The summed E-state index contributed by atoms with van der Waals surface area (Å²) in [5, 5.41) is 5.49. The largest absolute Gasteiger partial charge is 0.464 e. The first-order chi connectivity index (χ1) is 25.4. The van der Waals surface area contributed by atoms with Crippen LogP contribution in [0, 0.1) is 5.41 Å². The van der Waals surface area contributed by atoms with Gasteiger partial charge in [-0.05, 0) is 63.9 Å². The molecule has 1 aromatic carbocycles. The molecule has 1 amide bonds. The van der Waals surface area contributed by atoms with E-state index < -0.39 is 17.5 Å². The molecule has 4 aromatic rings. The number of hydrogen-bond donors (Lipinski definition) is 2. The van der Waals surface area contributed by atoms with Gasteiger partial charge in [0, 0.05) is 85.1 Å². The fourth-order valence-electron chi connectivity index (χ4n) is 7.91. The van der Waals surface area contributed by atoms with Gasteiger partial charge < -0.3 is 29.6 Å². The van der Waals surface area contributed by atoms with Crippen LogP contribution in [-0.4, -0.2) is 102 Å². The second-order valence-electron chi connectivity index (χ2n) is 15.7. The molecule has 3 N–H and O–H groups in total. The van der Waals surface area contributed by atoms with Crippen molar-refractivity contribution in [2.24, 2.45) is 11.1 Å². The molecule has 0 spiro atoms. The number of piperazine rings is 1. The number of likely N-dealkylation sites (N-methyl/N-ethyl adjacent to an activating group) is 1. The van der Waals surface area contributed by atoms with E-state index in [0.29, 0.717) is 25.8 Å². The van der Waals surface area contributed by atoms with Gasteiger partial charge in [0.15, 0.2) is 0 Å². The minimum atomic E-state index is -0.816. The van der Waals surface area contributed by atoms with E-state index in [4.69, 9.17) is 25.2 Å². The van der Waals surface area contributed by atoms with Crippen molar-refractivity contribution in [3.8, 4) is 22.5 Å². The Morgan fingerprint density at radius 1 is 1.15 bits per heavy atom. The molecule has 0 aliphatic carbocycles. The van der Waals surface area contributed by atoms with Gasteiger partial charge in [-0.2, -0.15) is 0 Å². The minimum absolute atomic E-state index is 0.211. The number of hydrogen-bond acceptors (Lipinski definition) is 11. The van der Waals surface area contributed by atoms with Crippen molar-refractivity contribution in [2.45, 2.75) is 84.5 Å². The van der Waals surface area contributed by atoms with Gasteiger partial charge in [-0.15, -0.1) is 11.3 Å². The highest BCUT2D eigenvalue weighted by Crippen LogP contribution is 2.43. The number of thiazole rings is 1. The number of cyclic esters (lactones) is 1. The Bertz CT molecular complexity index is 1980. The molecule has 6 bridgehead atoms. The average molecular weight is 743 g/mol. The molecule has 3 aliphatic heterocycles. The van der Waals surface area contributed by atoms with Crippen LogP contribution in [0.5, 0.6) is 0 Å². The zero-order chi connectivity index (χ0) is 37.6. The Balaban J connectivity index is 1.41. The third-order valence-corrected chi connectivity index (χ3v) is 12.3. The molecule has 13 heteroatoms. The second kappa shape index (κ2) is 15.1. The fraction of sp³-hybridized carbons (Fsp3) is 0.550. The van der Waals surface area contributed by atoms with Crippen LogP contribution in [0.4, 0.5) is 5.69 Å². The number of hydrazine groups is 1. The van der Waals surface area contributed by atoms with Gasteiger partial charge in [0.2, 0.25) is 0 Å². The van der Waals surface area contributed by atoms with Crippen LogP contribution in [0.15, 0.2) is 35.8 Å². The van der Waals surface area contributed by atoms with Gasteiger partial charge in [0.25, 0.3) is 5.91 Å². The monoisotopic (exact) mass is 742 g/mol. The zero-order valence-electron chi connectivity index (χ0n) is 32.1. The van der Waals surface area contributed by atoms with E-state index in [2.05, 4.69) is 84.2 Å². The van der Waals surface area contributed by atoms with E-state index in [-0.39, 0.29) is 30.5 Å². The van der Waals surface area contributed by atoms with Crippen molar-refractivity contribution in [2.75, 3.05) is 58.4 Å². The molecule has 0 unspecified atom stereocenters. The molecule has 284 valence electrons. The molecule has 0 saturated carbocycles. The van der Waals surface area contributed by atoms with Crippen LogP contribution in [-0.2, 0) is 32.0 Å². The van der Waals surface area contributed by atoms with E-state index in [9.17, 15) is 9.59 Å². The number of nitrogens with one attached hydrogen (secondary N) is 1. The maximum absolute atomic E-state index is 13.6. The van der Waals surface area contributed by atoms with E-state index in [1.54, 1.807) is 7.11 Å². The summed E-state index contributed by atoms with van der Waals surface area (Å²) in [6.45, 7) is 15.8. The first-order valence-corrected chi connectivity index (χ1v) is 19.8. The van der Waals surface area contributed by atoms with Gasteiger partial charge >= 0.3 is 5.97 Å². The lowest BCUT2D eigenvalue weighted by molar-refractivity contribution is -0.155. The number of aromatic nitrogens is 3. The molecule has 3 aromatic heterocycles. The Kier molecular flexibility index (Phi) is 10.7. The SMILES string of the molecule is CCn1c(-c2cc(N3CCN(C)CC3)cnc2[C@H](C)OC)c2c3cc(ccc31)-c1csc(n1)[C@@H](C)[C@H](N)C(=O)N1CCC[C@H](N1)C(=O)OCC(C)(C)C2. The Hall–Kier alpha value is -3.88. The smallest absolute Gasteiger partial charge is 0.324 e. The topological polar surface area (TPSA) is 131 Å². The highest BCUT2D eigenvalue weighted by molar-refractivity contribution is 7.10. The minimum Gasteiger partial charge on any atom is -0.464 e. The Morgan fingerprint density at radius 2 is 1.92 bits per heavy atom. The molecule has 4 atom stereocenters. The predicted molar refractivity (Wildman–Crippen MR) is 210 cm³/mol. The van der Waals surface area contributed by atoms with E-state index in [1.165, 1.54) is 21.9 Å². The summed E-state index contributed by atoms with van der Waals surface area (Å²) in [6, 6.07) is 7.44. The summed E-state index contributed by atoms with van der Waals surface area (Å²) in [7, 11) is 3.90. The normalized spacial score (nSPS) is 23.6. The molecule has 7 rings (SSSR count). The number of benzene rings is 1. The maximum atomic E-state index is 13.6. The number of amides is 1. The molecular weight excluding hydrogens is 689 g/mol. The van der Waals surface area contributed by atoms with Crippen molar-refractivity contribution in [1.82, 2.24) is 29.9 Å². The van der Waals surface area contributed by atoms with Gasteiger partial charge in [-0.1, -0.05) is 26.8 Å². The maximum Gasteiger partial charge on any atom is 0.324 e. The lowest BCUT2D eigenvalue weighted by Gasteiger charge is -2.35. The lowest BCUT2D eigenvalue weighted by atomic mass is 9.84. The van der Waals surface area contributed by atoms with Crippen LogP contribution >= 0.6 is 11.3 Å². The van der Waals surface area contributed by atoms with Crippen molar-refractivity contribution < 1.29 is 19.1 Å². The molecule has 53 heavy (non-hydrogen) atoms. The number of anilines is 1. The second-order valence-corrected chi connectivity index (χ2v) is 16.6. The number of methoxy groups -OCH3 is 1. The summed E-state index contributed by atoms with van der Waals surface area (Å²) < 4.78 is 14.4. The number of ether oxygens (including phenoxy) is 2. The number of carbonyl (C=O) groups excluding carboxylic acids is 2. The first-order valence-electron chi connectivity index (χ1n) is 19.0. The number of nitrogens with zero attached hydrogens (tertiary/aromatic N) is 6. The quantitative estimate of drug-likeness (QED) is 0.258. The number of carbonyl (C=O) groups is 2. The third kappa shape index (κ3) is 7.34. The molecule has 2 saturated heterocycles. The molecule has 3 aliphatic rings. The van der Waals surface area contributed by atoms with Crippen LogP contribution in [0.3, 0.4) is 0 Å². The van der Waals surface area contributed by atoms with Gasteiger partial charge in [-0.25, -0.2) is 10.4 Å². The zero-order valence-corrected chi connectivity index (χ0v) is 33.0. The number of nitrogens with two attached hydrogens (primary N) is 1. The number of fused-ring (bicyclic) bond motifs is 6. The van der Waals surface area contributed by atoms with Crippen LogP contribution in [0.25, 0.3) is 33.4 Å². The predicted octanol–water partition coefficient (Wildman–Crippen LogP) is 5.36. The summed E-state index contributed by atoms with van der Waals surface area (Å²) in [5.74, 6) is -0.925. The average Bonchev–Trinajstić information content (AvgIpc) is 3.78. The van der Waals surface area contributed by atoms with Crippen molar-refractivity contribution >= 4 is 39.8 Å². The fourth-order valence-corrected chi connectivity index (χ4v) is 8.85. The van der Waals surface area contributed by atoms with Crippen LogP contribution in [0.2, 0.25) is 0 Å². The van der Waals surface area contributed by atoms with E-state index >= 15 is 0 Å². The molecule has 2 fully saturated rings. The van der Waals surface area contributed by atoms with E-state index in [1.807, 2.05) is 13.1 Å². The van der Waals surface area contributed by atoms with Crippen molar-refractivity contribution in [3.05, 3.63) is 52.1 Å². The molecule has 12 nitrogen and oxygen atoms in total. The summed E-state index contributed by atoms with van der Waals surface area (Å²) in [4.78, 5) is 42.1. The summed E-state index contributed by atoms with van der Waals surface area (Å²) in [6.07, 6.45) is 3.66. The highest BCUT2D eigenvalue weighted by Gasteiger charge is 2.36.